The van der Waals surface area contributed by atoms with Crippen molar-refractivity contribution in [3.8, 4) is 5.75 Å². The maximum atomic E-state index is 5.36. The monoisotopic (exact) mass is 331 g/mol. The zero-order valence-electron chi connectivity index (χ0n) is 14.3. The first-order valence-corrected chi connectivity index (χ1v) is 8.56. The standard InChI is InChI=1S/C18H25N3OS/c1-17(2)12-8-9-18(17,3)15(10-12)20-21-16(23)19-13-6-5-7-14(11-13)22-4/h5-7,11-12H,8-10H2,1-4H3,(H2,19,21,23)/b20-15-/t12-,18+/m1/s1. The van der Waals surface area contributed by atoms with Gasteiger partial charge >= 0.3 is 0 Å². The number of hydrazone groups is 1. The Hall–Kier alpha value is -1.62. The van der Waals surface area contributed by atoms with E-state index in [0.717, 1.165) is 23.8 Å². The van der Waals surface area contributed by atoms with E-state index in [9.17, 15) is 0 Å². The molecule has 3 rings (SSSR count). The number of nitrogens with one attached hydrogen (secondary N) is 2. The molecule has 0 aromatic heterocycles. The van der Waals surface area contributed by atoms with E-state index in [-0.39, 0.29) is 5.41 Å². The summed E-state index contributed by atoms with van der Waals surface area (Å²) in [5.41, 5.74) is 5.69. The highest BCUT2D eigenvalue weighted by Crippen LogP contribution is 2.63. The van der Waals surface area contributed by atoms with Crippen molar-refractivity contribution < 1.29 is 4.74 Å². The number of nitrogens with zero attached hydrogens (tertiary/aromatic N) is 1. The lowest BCUT2D eigenvalue weighted by Gasteiger charge is -2.34. The smallest absolute Gasteiger partial charge is 0.191 e. The SMILES string of the molecule is COc1cccc(NC(=S)N/N=C2/C[C@H]3CC[C@]2(C)C3(C)C)c1. The van der Waals surface area contributed by atoms with Crippen LogP contribution in [0.25, 0.3) is 0 Å². The summed E-state index contributed by atoms with van der Waals surface area (Å²) in [6, 6.07) is 7.68. The third kappa shape index (κ3) is 2.71. The van der Waals surface area contributed by atoms with Gasteiger partial charge in [0.2, 0.25) is 0 Å². The van der Waals surface area contributed by atoms with Crippen molar-refractivity contribution in [1.29, 1.82) is 0 Å². The van der Waals surface area contributed by atoms with E-state index < -0.39 is 0 Å². The van der Waals surface area contributed by atoms with Gasteiger partial charge in [-0.3, -0.25) is 5.43 Å². The van der Waals surface area contributed by atoms with E-state index in [2.05, 4.69) is 36.6 Å². The molecule has 1 aromatic rings. The van der Waals surface area contributed by atoms with Gasteiger partial charge in [0.05, 0.1) is 7.11 Å². The van der Waals surface area contributed by atoms with Crippen LogP contribution >= 0.6 is 12.2 Å². The molecule has 2 N–H and O–H groups in total. The molecule has 2 aliphatic rings. The third-order valence-electron chi connectivity index (χ3n) is 6.13. The van der Waals surface area contributed by atoms with Crippen LogP contribution < -0.4 is 15.5 Å². The zero-order valence-corrected chi connectivity index (χ0v) is 15.1. The second-order valence-corrected chi connectivity index (χ2v) is 7.76. The second kappa shape index (κ2) is 5.78. The fourth-order valence-corrected chi connectivity index (χ4v) is 4.24. The van der Waals surface area contributed by atoms with Crippen molar-refractivity contribution in [2.75, 3.05) is 12.4 Å². The summed E-state index contributed by atoms with van der Waals surface area (Å²) in [5.74, 6) is 1.54. The number of hydrogen-bond donors (Lipinski definition) is 2. The second-order valence-electron chi connectivity index (χ2n) is 7.35. The van der Waals surface area contributed by atoms with Gasteiger partial charge in [0.25, 0.3) is 0 Å². The predicted molar refractivity (Wildman–Crippen MR) is 99.0 cm³/mol. The summed E-state index contributed by atoms with van der Waals surface area (Å²) in [7, 11) is 1.65. The molecule has 1 aromatic carbocycles. The average molecular weight is 331 g/mol. The van der Waals surface area contributed by atoms with Gasteiger partial charge in [-0.15, -0.1) is 0 Å². The van der Waals surface area contributed by atoms with Gasteiger partial charge in [0, 0.05) is 22.9 Å². The van der Waals surface area contributed by atoms with Gasteiger partial charge in [-0.25, -0.2) is 0 Å². The highest BCUT2D eigenvalue weighted by Gasteiger charge is 2.59. The van der Waals surface area contributed by atoms with Gasteiger partial charge in [0.1, 0.15) is 5.75 Å². The van der Waals surface area contributed by atoms with Gasteiger partial charge in [-0.2, -0.15) is 5.10 Å². The van der Waals surface area contributed by atoms with Crippen molar-refractivity contribution >= 4 is 28.7 Å². The molecule has 2 bridgehead atoms. The molecule has 4 nitrogen and oxygen atoms in total. The lowest BCUT2D eigenvalue weighted by Crippen LogP contribution is -2.34. The summed E-state index contributed by atoms with van der Waals surface area (Å²) < 4.78 is 5.22. The lowest BCUT2D eigenvalue weighted by atomic mass is 9.70. The van der Waals surface area contributed by atoms with Crippen LogP contribution in [0.3, 0.4) is 0 Å². The highest BCUT2D eigenvalue weighted by atomic mass is 32.1. The van der Waals surface area contributed by atoms with Crippen LogP contribution in [0.5, 0.6) is 5.75 Å². The number of ether oxygens (including phenoxy) is 1. The molecule has 0 amide bonds. The van der Waals surface area contributed by atoms with Crippen LogP contribution in [0.1, 0.15) is 40.0 Å². The first kappa shape index (κ1) is 16.2. The predicted octanol–water partition coefficient (Wildman–Crippen LogP) is 4.18. The van der Waals surface area contributed by atoms with E-state index in [1.165, 1.54) is 18.6 Å². The number of hydrogen-bond acceptors (Lipinski definition) is 3. The summed E-state index contributed by atoms with van der Waals surface area (Å²) >= 11 is 5.36. The van der Waals surface area contributed by atoms with Crippen molar-refractivity contribution in [3.63, 3.8) is 0 Å². The van der Waals surface area contributed by atoms with Gasteiger partial charge in [0.15, 0.2) is 5.11 Å². The molecular formula is C18H25N3OS. The fraction of sp³-hybridized carbons (Fsp3) is 0.556. The van der Waals surface area contributed by atoms with E-state index in [4.69, 9.17) is 17.0 Å². The van der Waals surface area contributed by atoms with Crippen molar-refractivity contribution in [2.45, 2.75) is 40.0 Å². The third-order valence-corrected chi connectivity index (χ3v) is 6.33. The van der Waals surface area contributed by atoms with E-state index in [1.807, 2.05) is 24.3 Å². The molecule has 0 heterocycles. The number of rotatable bonds is 3. The summed E-state index contributed by atoms with van der Waals surface area (Å²) in [6.45, 7) is 7.10. The molecular weight excluding hydrogens is 306 g/mol. The maximum absolute atomic E-state index is 5.36. The molecule has 0 saturated heterocycles. The number of benzene rings is 1. The quantitative estimate of drug-likeness (QED) is 0.644. The lowest BCUT2D eigenvalue weighted by molar-refractivity contribution is 0.193. The molecule has 0 unspecified atom stereocenters. The Kier molecular flexibility index (Phi) is 4.08. The summed E-state index contributed by atoms with van der Waals surface area (Å²) in [5, 5.41) is 8.30. The fourth-order valence-electron chi connectivity index (χ4n) is 4.08. The Morgan fingerprint density at radius 2 is 2.13 bits per heavy atom. The molecule has 0 spiro atoms. The topological polar surface area (TPSA) is 45.6 Å². The van der Waals surface area contributed by atoms with Crippen molar-refractivity contribution in [2.24, 2.45) is 21.8 Å². The zero-order chi connectivity index (χ0) is 16.7. The van der Waals surface area contributed by atoms with E-state index in [0.29, 0.717) is 10.5 Å². The molecule has 2 atom stereocenters. The van der Waals surface area contributed by atoms with Crippen LogP contribution in [0.15, 0.2) is 29.4 Å². The Morgan fingerprint density at radius 3 is 2.74 bits per heavy atom. The van der Waals surface area contributed by atoms with Crippen LogP contribution in [0, 0.1) is 16.7 Å². The van der Waals surface area contributed by atoms with Crippen LogP contribution in [0.2, 0.25) is 0 Å². The molecule has 2 aliphatic carbocycles. The molecule has 2 fully saturated rings. The van der Waals surface area contributed by atoms with Gasteiger partial charge < -0.3 is 10.1 Å². The van der Waals surface area contributed by atoms with Crippen LogP contribution in [-0.2, 0) is 0 Å². The first-order chi connectivity index (χ1) is 10.9. The van der Waals surface area contributed by atoms with E-state index in [1.54, 1.807) is 7.11 Å². The molecule has 2 saturated carbocycles. The van der Waals surface area contributed by atoms with Crippen molar-refractivity contribution in [1.82, 2.24) is 5.43 Å². The number of methoxy groups -OCH3 is 1. The minimum absolute atomic E-state index is 0.191. The molecule has 0 radical (unpaired) electrons. The first-order valence-electron chi connectivity index (χ1n) is 8.15. The average Bonchev–Trinajstić information content (AvgIpc) is 2.86. The molecule has 0 aliphatic heterocycles. The molecule has 5 heteroatoms. The summed E-state index contributed by atoms with van der Waals surface area (Å²) in [4.78, 5) is 0. The Bertz CT molecular complexity index is 655. The maximum Gasteiger partial charge on any atom is 0.191 e. The van der Waals surface area contributed by atoms with Crippen LogP contribution in [0.4, 0.5) is 5.69 Å². The van der Waals surface area contributed by atoms with Crippen LogP contribution in [-0.4, -0.2) is 17.9 Å². The van der Waals surface area contributed by atoms with Gasteiger partial charge in [-0.1, -0.05) is 26.8 Å². The number of thiocarbonyl (C=S) groups is 1. The molecule has 124 valence electrons. The number of anilines is 1. The Labute approximate surface area is 143 Å². The normalized spacial score (nSPS) is 29.6. The Balaban J connectivity index is 1.65. The number of fused-ring (bicyclic) bond motifs is 2. The minimum Gasteiger partial charge on any atom is -0.497 e. The highest BCUT2D eigenvalue weighted by molar-refractivity contribution is 7.80. The van der Waals surface area contributed by atoms with E-state index >= 15 is 0 Å². The summed E-state index contributed by atoms with van der Waals surface area (Å²) in [6.07, 6.45) is 3.62. The minimum atomic E-state index is 0.191. The molecule has 23 heavy (non-hydrogen) atoms. The van der Waals surface area contributed by atoms with Gasteiger partial charge in [-0.05, 0) is 54.9 Å². The Morgan fingerprint density at radius 1 is 1.35 bits per heavy atom. The van der Waals surface area contributed by atoms with Crippen molar-refractivity contribution in [3.05, 3.63) is 24.3 Å². The largest absolute Gasteiger partial charge is 0.497 e.